The molecule has 0 radical (unpaired) electrons. The van der Waals surface area contributed by atoms with Gasteiger partial charge in [-0.3, -0.25) is 9.59 Å². The number of aromatic nitrogens is 1. The Hall–Kier alpha value is -2.93. The second kappa shape index (κ2) is 7.98. The van der Waals surface area contributed by atoms with Gasteiger partial charge in [-0.2, -0.15) is 0 Å². The molecule has 0 unspecified atom stereocenters. The van der Waals surface area contributed by atoms with Gasteiger partial charge in [-0.25, -0.2) is 4.98 Å². The molecular weight excluding hydrogens is 376 g/mol. The van der Waals surface area contributed by atoms with E-state index in [1.165, 1.54) is 16.9 Å². The van der Waals surface area contributed by atoms with Crippen LogP contribution < -0.4 is 0 Å². The normalized spacial score (nSPS) is 16.5. The molecule has 28 heavy (non-hydrogen) atoms. The van der Waals surface area contributed by atoms with Gasteiger partial charge in [-0.1, -0.05) is 29.8 Å². The molecule has 1 atom stereocenters. The topological polar surface area (TPSA) is 72.6 Å². The highest BCUT2D eigenvalue weighted by Gasteiger charge is 2.35. The first-order chi connectivity index (χ1) is 13.6. The Morgan fingerprint density at radius 3 is 2.89 bits per heavy atom. The quantitative estimate of drug-likeness (QED) is 0.593. The van der Waals surface area contributed by atoms with Gasteiger partial charge in [0.2, 0.25) is 5.91 Å². The van der Waals surface area contributed by atoms with Crippen molar-refractivity contribution in [3.63, 3.8) is 0 Å². The maximum atomic E-state index is 12.4. The van der Waals surface area contributed by atoms with Crippen molar-refractivity contribution in [3.8, 4) is 10.6 Å². The number of nitrogens with zero attached hydrogens (tertiary/aromatic N) is 2. The SMILES string of the molecule is Cc1ccc(-c2nc(COC(=O)[C@@H]3CC(=O)N(Cc4ccco4)C3)cs2)cc1. The van der Waals surface area contributed by atoms with Crippen LogP contribution in [0, 0.1) is 12.8 Å². The van der Waals surface area contributed by atoms with E-state index in [1.54, 1.807) is 17.2 Å². The van der Waals surface area contributed by atoms with Crippen LogP contribution in [-0.4, -0.2) is 28.3 Å². The number of benzene rings is 1. The maximum Gasteiger partial charge on any atom is 0.311 e. The number of hydrogen-bond acceptors (Lipinski definition) is 6. The number of furan rings is 1. The molecule has 0 bridgehead atoms. The fourth-order valence-electron chi connectivity index (χ4n) is 3.14. The molecule has 0 aliphatic carbocycles. The Bertz CT molecular complexity index is 963. The van der Waals surface area contributed by atoms with Crippen LogP contribution in [0.5, 0.6) is 0 Å². The molecule has 0 spiro atoms. The van der Waals surface area contributed by atoms with Crippen molar-refractivity contribution >= 4 is 23.2 Å². The second-order valence-corrected chi connectivity index (χ2v) is 7.73. The summed E-state index contributed by atoms with van der Waals surface area (Å²) in [4.78, 5) is 30.7. The van der Waals surface area contributed by atoms with Crippen LogP contribution in [0.1, 0.15) is 23.4 Å². The summed E-state index contributed by atoms with van der Waals surface area (Å²) in [5, 5.41) is 2.79. The van der Waals surface area contributed by atoms with Crippen LogP contribution in [-0.2, 0) is 27.5 Å². The van der Waals surface area contributed by atoms with E-state index in [1.807, 2.05) is 42.6 Å². The zero-order valence-electron chi connectivity index (χ0n) is 15.5. The Morgan fingerprint density at radius 2 is 2.14 bits per heavy atom. The van der Waals surface area contributed by atoms with Gasteiger partial charge in [0.15, 0.2) is 0 Å². The van der Waals surface area contributed by atoms with Gasteiger partial charge in [-0.05, 0) is 19.1 Å². The summed E-state index contributed by atoms with van der Waals surface area (Å²) < 4.78 is 10.7. The molecule has 1 aliphatic heterocycles. The van der Waals surface area contributed by atoms with Crippen LogP contribution >= 0.6 is 11.3 Å². The van der Waals surface area contributed by atoms with Gasteiger partial charge in [-0.15, -0.1) is 11.3 Å². The van der Waals surface area contributed by atoms with Crippen molar-refractivity contribution in [2.24, 2.45) is 5.92 Å². The molecule has 1 aromatic carbocycles. The molecule has 3 aromatic rings. The monoisotopic (exact) mass is 396 g/mol. The summed E-state index contributed by atoms with van der Waals surface area (Å²) in [6.45, 7) is 2.88. The highest BCUT2D eigenvalue weighted by Crippen LogP contribution is 2.25. The van der Waals surface area contributed by atoms with E-state index in [9.17, 15) is 9.59 Å². The Labute approximate surface area is 166 Å². The Kier molecular flexibility index (Phi) is 5.25. The molecular formula is C21H20N2O4S. The van der Waals surface area contributed by atoms with Crippen LogP contribution in [0.3, 0.4) is 0 Å². The van der Waals surface area contributed by atoms with Gasteiger partial charge < -0.3 is 14.1 Å². The summed E-state index contributed by atoms with van der Waals surface area (Å²) >= 11 is 1.52. The Balaban J connectivity index is 1.31. The summed E-state index contributed by atoms with van der Waals surface area (Å²) in [6, 6.07) is 11.7. The van der Waals surface area contributed by atoms with E-state index < -0.39 is 5.92 Å². The van der Waals surface area contributed by atoms with E-state index in [4.69, 9.17) is 9.15 Å². The minimum atomic E-state index is -0.447. The van der Waals surface area contributed by atoms with Crippen LogP contribution in [0.15, 0.2) is 52.5 Å². The summed E-state index contributed by atoms with van der Waals surface area (Å²) in [7, 11) is 0. The average Bonchev–Trinajstić information content (AvgIpc) is 3.43. The molecule has 1 fully saturated rings. The molecule has 4 rings (SSSR count). The highest BCUT2D eigenvalue weighted by molar-refractivity contribution is 7.13. The number of likely N-dealkylation sites (tertiary alicyclic amines) is 1. The molecule has 1 amide bonds. The minimum absolute atomic E-state index is 0.0614. The number of thiazole rings is 1. The number of aryl methyl sites for hydroxylation is 1. The lowest BCUT2D eigenvalue weighted by Crippen LogP contribution is -2.26. The summed E-state index contributed by atoms with van der Waals surface area (Å²) in [6.07, 6.45) is 1.74. The van der Waals surface area contributed by atoms with Crippen molar-refractivity contribution in [2.75, 3.05) is 6.54 Å². The summed E-state index contributed by atoms with van der Waals surface area (Å²) in [5.74, 6) is -0.167. The number of amides is 1. The van der Waals surface area contributed by atoms with Crippen molar-refractivity contribution in [3.05, 3.63) is 65.1 Å². The van der Waals surface area contributed by atoms with Crippen LogP contribution in [0.2, 0.25) is 0 Å². The first kappa shape index (κ1) is 18.4. The number of hydrogen-bond donors (Lipinski definition) is 0. The van der Waals surface area contributed by atoms with E-state index >= 15 is 0 Å². The van der Waals surface area contributed by atoms with Crippen molar-refractivity contribution in [1.29, 1.82) is 0 Å². The largest absolute Gasteiger partial charge is 0.467 e. The zero-order chi connectivity index (χ0) is 19.5. The van der Waals surface area contributed by atoms with Gasteiger partial charge in [0, 0.05) is 23.9 Å². The zero-order valence-corrected chi connectivity index (χ0v) is 16.3. The lowest BCUT2D eigenvalue weighted by Gasteiger charge is -2.14. The van der Waals surface area contributed by atoms with Gasteiger partial charge in [0.1, 0.15) is 17.4 Å². The highest BCUT2D eigenvalue weighted by atomic mass is 32.1. The van der Waals surface area contributed by atoms with Gasteiger partial charge >= 0.3 is 5.97 Å². The third-order valence-corrected chi connectivity index (χ3v) is 5.63. The second-order valence-electron chi connectivity index (χ2n) is 6.87. The average molecular weight is 396 g/mol. The molecule has 0 N–H and O–H groups in total. The third-order valence-electron chi connectivity index (χ3n) is 4.69. The lowest BCUT2D eigenvalue weighted by molar-refractivity contribution is -0.149. The fourth-order valence-corrected chi connectivity index (χ4v) is 3.95. The number of carbonyl (C=O) groups excluding carboxylic acids is 2. The standard InChI is InChI=1S/C21H20N2O4S/c1-14-4-6-15(7-5-14)20-22-17(13-28-20)12-27-21(25)16-9-19(24)23(10-16)11-18-3-2-8-26-18/h2-8,13,16H,9-12H2,1H3/t16-/m1/s1. The molecule has 0 saturated carbocycles. The predicted octanol–water partition coefficient (Wildman–Crippen LogP) is 3.80. The van der Waals surface area contributed by atoms with E-state index in [0.29, 0.717) is 24.5 Å². The van der Waals surface area contributed by atoms with Crippen molar-refractivity contribution < 1.29 is 18.7 Å². The first-order valence-electron chi connectivity index (χ1n) is 9.07. The van der Waals surface area contributed by atoms with E-state index in [2.05, 4.69) is 4.98 Å². The number of ether oxygens (including phenoxy) is 1. The van der Waals surface area contributed by atoms with Crippen molar-refractivity contribution in [2.45, 2.75) is 26.5 Å². The third kappa shape index (κ3) is 4.14. The molecule has 1 saturated heterocycles. The lowest BCUT2D eigenvalue weighted by atomic mass is 10.1. The van der Waals surface area contributed by atoms with Gasteiger partial charge in [0.25, 0.3) is 0 Å². The molecule has 3 heterocycles. The fraction of sp³-hybridized carbons (Fsp3) is 0.286. The minimum Gasteiger partial charge on any atom is -0.467 e. The maximum absolute atomic E-state index is 12.4. The first-order valence-corrected chi connectivity index (χ1v) is 9.94. The number of rotatable bonds is 6. The molecule has 2 aromatic heterocycles. The van der Waals surface area contributed by atoms with Crippen molar-refractivity contribution in [1.82, 2.24) is 9.88 Å². The van der Waals surface area contributed by atoms with Gasteiger partial charge in [0.05, 0.1) is 24.4 Å². The summed E-state index contributed by atoms with van der Waals surface area (Å²) in [5.41, 5.74) is 2.95. The van der Waals surface area contributed by atoms with E-state index in [0.717, 1.165) is 10.6 Å². The Morgan fingerprint density at radius 1 is 1.32 bits per heavy atom. The van der Waals surface area contributed by atoms with E-state index in [-0.39, 0.29) is 24.9 Å². The molecule has 144 valence electrons. The predicted molar refractivity (Wildman–Crippen MR) is 104 cm³/mol. The van der Waals surface area contributed by atoms with Crippen LogP contribution in [0.25, 0.3) is 10.6 Å². The smallest absolute Gasteiger partial charge is 0.311 e. The molecule has 6 nitrogen and oxygen atoms in total. The van der Waals surface area contributed by atoms with Crippen LogP contribution in [0.4, 0.5) is 0 Å². The molecule has 7 heteroatoms. The number of esters is 1. The number of carbonyl (C=O) groups is 2. The molecule has 1 aliphatic rings.